The lowest BCUT2D eigenvalue weighted by atomic mass is 9.94. The minimum Gasteiger partial charge on any atom is -0.465 e. The minimum absolute atomic E-state index is 0.0964. The predicted octanol–water partition coefficient (Wildman–Crippen LogP) is 3.10. The van der Waals surface area contributed by atoms with Crippen LogP contribution in [0.5, 0.6) is 0 Å². The Hall–Kier alpha value is -3.89. The van der Waals surface area contributed by atoms with Crippen molar-refractivity contribution >= 4 is 17.9 Å². The van der Waals surface area contributed by atoms with Gasteiger partial charge in [-0.1, -0.05) is 48.5 Å². The number of anilines is 1. The van der Waals surface area contributed by atoms with Crippen LogP contribution in [-0.4, -0.2) is 76.2 Å². The molecule has 0 unspecified atom stereocenters. The van der Waals surface area contributed by atoms with E-state index in [1.54, 1.807) is 11.8 Å². The van der Waals surface area contributed by atoms with Gasteiger partial charge in [0, 0.05) is 38.2 Å². The Morgan fingerprint density at radius 3 is 2.47 bits per heavy atom. The van der Waals surface area contributed by atoms with Crippen molar-refractivity contribution in [3.63, 3.8) is 0 Å². The van der Waals surface area contributed by atoms with Crippen molar-refractivity contribution in [3.8, 4) is 5.69 Å². The molecule has 1 saturated heterocycles. The number of amides is 3. The van der Waals surface area contributed by atoms with E-state index in [-0.39, 0.29) is 31.1 Å². The van der Waals surface area contributed by atoms with E-state index in [4.69, 9.17) is 4.74 Å². The number of carboxylic acid groups (broad SMARTS) is 1. The number of para-hydroxylation sites is 1. The van der Waals surface area contributed by atoms with Crippen molar-refractivity contribution < 1.29 is 19.4 Å². The van der Waals surface area contributed by atoms with Crippen LogP contribution in [0.4, 0.5) is 15.4 Å². The molecule has 3 N–H and O–H groups in total. The lowest BCUT2D eigenvalue weighted by molar-refractivity contribution is 0.144. The van der Waals surface area contributed by atoms with E-state index in [2.05, 4.69) is 32.8 Å². The number of hydrogen-bond donors (Lipinski definition) is 3. The minimum atomic E-state index is -1.01. The van der Waals surface area contributed by atoms with Crippen LogP contribution >= 0.6 is 0 Å². The monoisotopic (exact) mass is 490 g/mol. The highest BCUT2D eigenvalue weighted by Crippen LogP contribution is 2.32. The average molecular weight is 491 g/mol. The van der Waals surface area contributed by atoms with Crippen LogP contribution in [0.25, 0.3) is 5.69 Å². The summed E-state index contributed by atoms with van der Waals surface area (Å²) in [6, 6.07) is 19.3. The quantitative estimate of drug-likeness (QED) is 0.469. The van der Waals surface area contributed by atoms with Gasteiger partial charge >= 0.3 is 12.1 Å². The molecule has 0 aliphatic carbocycles. The molecule has 1 aromatic heterocycles. The molecule has 3 amide bonds. The van der Waals surface area contributed by atoms with Crippen molar-refractivity contribution in [1.82, 2.24) is 24.9 Å². The molecule has 2 aromatic carbocycles. The number of benzene rings is 2. The maximum absolute atomic E-state index is 13.3. The Balaban J connectivity index is 1.37. The molecule has 36 heavy (non-hydrogen) atoms. The lowest BCUT2D eigenvalue weighted by Crippen LogP contribution is -2.42. The summed E-state index contributed by atoms with van der Waals surface area (Å²) < 4.78 is 6.94. The highest BCUT2D eigenvalue weighted by atomic mass is 16.5. The number of urea groups is 1. The number of carbonyl (C=O) groups is 2. The zero-order chi connectivity index (χ0) is 25.1. The molecule has 10 heteroatoms. The smallest absolute Gasteiger partial charge is 0.407 e. The van der Waals surface area contributed by atoms with Gasteiger partial charge in [-0.2, -0.15) is 5.10 Å². The van der Waals surface area contributed by atoms with Crippen LogP contribution in [0.3, 0.4) is 0 Å². The molecule has 3 heterocycles. The standard InChI is InChI=1S/C26H30N6O4/c1-36-13-12-30-14-20(18-8-4-2-5-9-18)22(16-30)27-25(33)28-24-21-15-31(26(34)35)17-23(21)29-32(24)19-10-6-3-7-11-19/h2-11,20,22H,12-17H2,1H3,(H,34,35)(H2,27,28,33)/t20-,22+/m0/s1. The number of fused-ring (bicyclic) bond motifs is 1. The molecule has 0 spiro atoms. The first-order valence-corrected chi connectivity index (χ1v) is 12.0. The molecular formula is C26H30N6O4. The molecule has 5 rings (SSSR count). The number of rotatable bonds is 7. The summed E-state index contributed by atoms with van der Waals surface area (Å²) in [5.74, 6) is 0.629. The van der Waals surface area contributed by atoms with Crippen molar-refractivity contribution in [2.24, 2.45) is 0 Å². The number of ether oxygens (including phenoxy) is 1. The zero-order valence-corrected chi connectivity index (χ0v) is 20.1. The third-order valence-corrected chi connectivity index (χ3v) is 6.81. The van der Waals surface area contributed by atoms with Gasteiger partial charge in [0.2, 0.25) is 0 Å². The Bertz CT molecular complexity index is 1220. The van der Waals surface area contributed by atoms with E-state index in [9.17, 15) is 14.7 Å². The Labute approximate surface area is 209 Å². The van der Waals surface area contributed by atoms with Crippen LogP contribution in [0.1, 0.15) is 22.7 Å². The van der Waals surface area contributed by atoms with Gasteiger partial charge in [-0.25, -0.2) is 14.3 Å². The fraction of sp³-hybridized carbons (Fsp3) is 0.346. The molecule has 2 atom stereocenters. The van der Waals surface area contributed by atoms with Crippen molar-refractivity contribution in [3.05, 3.63) is 77.5 Å². The molecule has 10 nitrogen and oxygen atoms in total. The van der Waals surface area contributed by atoms with Crippen molar-refractivity contribution in [2.75, 3.05) is 38.7 Å². The second-order valence-electron chi connectivity index (χ2n) is 9.13. The number of nitrogens with zero attached hydrogens (tertiary/aromatic N) is 4. The van der Waals surface area contributed by atoms with E-state index in [0.29, 0.717) is 30.2 Å². The summed E-state index contributed by atoms with van der Waals surface area (Å²) in [6.45, 7) is 3.31. The van der Waals surface area contributed by atoms with E-state index in [1.807, 2.05) is 48.5 Å². The fourth-order valence-corrected chi connectivity index (χ4v) is 5.02. The van der Waals surface area contributed by atoms with E-state index in [0.717, 1.165) is 18.8 Å². The topological polar surface area (TPSA) is 112 Å². The molecular weight excluding hydrogens is 460 g/mol. The number of likely N-dealkylation sites (tertiary alicyclic amines) is 1. The molecule has 0 radical (unpaired) electrons. The third-order valence-electron chi connectivity index (χ3n) is 6.81. The van der Waals surface area contributed by atoms with Gasteiger partial charge in [-0.05, 0) is 17.7 Å². The Kier molecular flexibility index (Phi) is 6.88. The number of carbonyl (C=O) groups excluding carboxylic acids is 1. The van der Waals surface area contributed by atoms with Gasteiger partial charge in [-0.3, -0.25) is 15.1 Å². The summed E-state index contributed by atoms with van der Waals surface area (Å²) >= 11 is 0. The van der Waals surface area contributed by atoms with Gasteiger partial charge in [0.15, 0.2) is 0 Å². The summed E-state index contributed by atoms with van der Waals surface area (Å²) in [7, 11) is 1.69. The van der Waals surface area contributed by atoms with Crippen LogP contribution < -0.4 is 10.6 Å². The van der Waals surface area contributed by atoms with E-state index >= 15 is 0 Å². The molecule has 0 saturated carbocycles. The molecule has 3 aromatic rings. The summed E-state index contributed by atoms with van der Waals surface area (Å²) in [6.07, 6.45) is -1.01. The highest BCUT2D eigenvalue weighted by molar-refractivity contribution is 5.90. The van der Waals surface area contributed by atoms with Gasteiger partial charge in [0.1, 0.15) is 5.82 Å². The summed E-state index contributed by atoms with van der Waals surface area (Å²) in [4.78, 5) is 28.4. The van der Waals surface area contributed by atoms with Gasteiger partial charge in [-0.15, -0.1) is 0 Å². The van der Waals surface area contributed by atoms with Gasteiger partial charge < -0.3 is 15.2 Å². The van der Waals surface area contributed by atoms with Crippen LogP contribution in [0, 0.1) is 0 Å². The second kappa shape index (κ2) is 10.4. The van der Waals surface area contributed by atoms with Crippen LogP contribution in [0.15, 0.2) is 60.7 Å². The SMILES string of the molecule is COCCN1C[C@@H](NC(=O)Nc2c3c(nn2-c2ccccc2)CN(C(=O)O)C3)[C@H](c2ccccc2)C1. The maximum atomic E-state index is 13.3. The third kappa shape index (κ3) is 4.91. The predicted molar refractivity (Wildman–Crippen MR) is 134 cm³/mol. The second-order valence-corrected chi connectivity index (χ2v) is 9.13. The van der Waals surface area contributed by atoms with E-state index < -0.39 is 6.09 Å². The number of nitrogens with one attached hydrogen (secondary N) is 2. The van der Waals surface area contributed by atoms with Crippen LogP contribution in [-0.2, 0) is 17.8 Å². The molecule has 188 valence electrons. The van der Waals surface area contributed by atoms with Gasteiger partial charge in [0.05, 0.1) is 37.1 Å². The van der Waals surface area contributed by atoms with Crippen LogP contribution in [0.2, 0.25) is 0 Å². The largest absolute Gasteiger partial charge is 0.465 e. The average Bonchev–Trinajstić information content (AvgIpc) is 3.58. The van der Waals surface area contributed by atoms with Crippen molar-refractivity contribution in [1.29, 1.82) is 0 Å². The number of aromatic nitrogens is 2. The van der Waals surface area contributed by atoms with E-state index in [1.165, 1.54) is 10.5 Å². The Morgan fingerprint density at radius 2 is 1.78 bits per heavy atom. The highest BCUT2D eigenvalue weighted by Gasteiger charge is 2.36. The summed E-state index contributed by atoms with van der Waals surface area (Å²) in [5.41, 5.74) is 3.32. The molecule has 2 aliphatic rings. The first kappa shape index (κ1) is 23.8. The molecule has 1 fully saturated rings. The van der Waals surface area contributed by atoms with Crippen molar-refractivity contribution in [2.45, 2.75) is 25.0 Å². The lowest BCUT2D eigenvalue weighted by Gasteiger charge is -2.21. The first-order chi connectivity index (χ1) is 17.5. The normalized spacial score (nSPS) is 19.3. The zero-order valence-electron chi connectivity index (χ0n) is 20.1. The molecule has 2 aliphatic heterocycles. The number of hydrogen-bond acceptors (Lipinski definition) is 5. The first-order valence-electron chi connectivity index (χ1n) is 12.0. The Morgan fingerprint density at radius 1 is 1.06 bits per heavy atom. The number of methoxy groups -OCH3 is 1. The molecule has 0 bridgehead atoms. The maximum Gasteiger partial charge on any atom is 0.407 e. The summed E-state index contributed by atoms with van der Waals surface area (Å²) in [5, 5.41) is 20.3. The fourth-order valence-electron chi connectivity index (χ4n) is 5.02. The van der Waals surface area contributed by atoms with Gasteiger partial charge in [0.25, 0.3) is 0 Å².